The highest BCUT2D eigenvalue weighted by Crippen LogP contribution is 2.31. The van der Waals surface area contributed by atoms with Gasteiger partial charge in [-0.1, -0.05) is 6.92 Å². The standard InChI is InChI=1S/C14H19N3O/c1-14(4-6-18-7-5-14)10-17-13-8-11(9-15)2-3-12(13)16/h2-3,8,17H,4-7,10,16H2,1H3. The van der Waals surface area contributed by atoms with Gasteiger partial charge in [-0.3, -0.25) is 0 Å². The van der Waals surface area contributed by atoms with Crippen molar-refractivity contribution in [1.29, 1.82) is 5.26 Å². The van der Waals surface area contributed by atoms with E-state index in [1.807, 2.05) is 0 Å². The molecule has 4 nitrogen and oxygen atoms in total. The van der Waals surface area contributed by atoms with Gasteiger partial charge in [0.1, 0.15) is 0 Å². The Kier molecular flexibility index (Phi) is 3.73. The van der Waals surface area contributed by atoms with Crippen molar-refractivity contribution in [1.82, 2.24) is 0 Å². The fourth-order valence-electron chi connectivity index (χ4n) is 2.13. The molecular formula is C14H19N3O. The number of nitrogens with two attached hydrogens (primary N) is 1. The summed E-state index contributed by atoms with van der Waals surface area (Å²) in [7, 11) is 0. The fourth-order valence-corrected chi connectivity index (χ4v) is 2.13. The van der Waals surface area contributed by atoms with Crippen LogP contribution in [0.25, 0.3) is 0 Å². The SMILES string of the molecule is CC1(CNc2cc(C#N)ccc2N)CCOCC1. The molecule has 0 aromatic heterocycles. The molecule has 1 aromatic rings. The molecule has 0 unspecified atom stereocenters. The summed E-state index contributed by atoms with van der Waals surface area (Å²) in [4.78, 5) is 0. The van der Waals surface area contributed by atoms with Crippen molar-refractivity contribution in [2.45, 2.75) is 19.8 Å². The number of ether oxygens (including phenoxy) is 1. The first-order valence-corrected chi connectivity index (χ1v) is 6.24. The van der Waals surface area contributed by atoms with Crippen molar-refractivity contribution >= 4 is 11.4 Å². The molecule has 4 heteroatoms. The van der Waals surface area contributed by atoms with Crippen molar-refractivity contribution in [3.05, 3.63) is 23.8 Å². The first kappa shape index (κ1) is 12.7. The lowest BCUT2D eigenvalue weighted by molar-refractivity contribution is 0.0300. The molecule has 2 rings (SSSR count). The maximum atomic E-state index is 8.89. The molecule has 1 saturated heterocycles. The first-order valence-electron chi connectivity index (χ1n) is 6.24. The zero-order valence-corrected chi connectivity index (χ0v) is 10.7. The minimum atomic E-state index is 0.243. The van der Waals surface area contributed by atoms with E-state index in [1.165, 1.54) is 0 Å². The van der Waals surface area contributed by atoms with Crippen LogP contribution in [0.1, 0.15) is 25.3 Å². The molecule has 1 fully saturated rings. The molecule has 0 saturated carbocycles. The molecule has 0 bridgehead atoms. The van der Waals surface area contributed by atoms with Crippen LogP contribution in [0.4, 0.5) is 11.4 Å². The Labute approximate surface area is 108 Å². The lowest BCUT2D eigenvalue weighted by Gasteiger charge is -2.34. The van der Waals surface area contributed by atoms with Gasteiger partial charge in [0.25, 0.3) is 0 Å². The van der Waals surface area contributed by atoms with E-state index in [-0.39, 0.29) is 5.41 Å². The predicted molar refractivity (Wildman–Crippen MR) is 72.2 cm³/mol. The van der Waals surface area contributed by atoms with Gasteiger partial charge in [-0.05, 0) is 36.5 Å². The maximum absolute atomic E-state index is 8.89. The van der Waals surface area contributed by atoms with Crippen LogP contribution >= 0.6 is 0 Å². The van der Waals surface area contributed by atoms with E-state index in [9.17, 15) is 0 Å². The Hall–Kier alpha value is -1.73. The van der Waals surface area contributed by atoms with Gasteiger partial charge in [0.15, 0.2) is 0 Å². The van der Waals surface area contributed by atoms with Gasteiger partial charge in [0, 0.05) is 19.8 Å². The zero-order valence-electron chi connectivity index (χ0n) is 10.7. The maximum Gasteiger partial charge on any atom is 0.0992 e. The minimum Gasteiger partial charge on any atom is -0.397 e. The summed E-state index contributed by atoms with van der Waals surface area (Å²) < 4.78 is 5.38. The first-order chi connectivity index (χ1) is 8.63. The smallest absolute Gasteiger partial charge is 0.0992 e. The molecule has 3 N–H and O–H groups in total. The van der Waals surface area contributed by atoms with E-state index in [0.29, 0.717) is 11.3 Å². The van der Waals surface area contributed by atoms with E-state index in [4.69, 9.17) is 15.7 Å². The quantitative estimate of drug-likeness (QED) is 0.802. The minimum absolute atomic E-state index is 0.243. The highest BCUT2D eigenvalue weighted by molar-refractivity contribution is 5.68. The zero-order chi connectivity index (χ0) is 13.0. The van der Waals surface area contributed by atoms with Gasteiger partial charge in [-0.15, -0.1) is 0 Å². The van der Waals surface area contributed by atoms with E-state index in [0.717, 1.165) is 38.3 Å². The molecule has 1 heterocycles. The lowest BCUT2D eigenvalue weighted by atomic mass is 9.82. The number of nitriles is 1. The molecule has 0 aliphatic carbocycles. The molecule has 96 valence electrons. The summed E-state index contributed by atoms with van der Waals surface area (Å²) in [6, 6.07) is 7.43. The average Bonchev–Trinajstić information content (AvgIpc) is 2.39. The normalized spacial score (nSPS) is 18.0. The van der Waals surface area contributed by atoms with Crippen LogP contribution in [0.15, 0.2) is 18.2 Å². The Morgan fingerprint density at radius 1 is 1.44 bits per heavy atom. The molecule has 1 aliphatic heterocycles. The summed E-state index contributed by atoms with van der Waals surface area (Å²) in [5.41, 5.74) is 8.31. The summed E-state index contributed by atoms with van der Waals surface area (Å²) in [6.45, 7) is 4.76. The van der Waals surface area contributed by atoms with E-state index >= 15 is 0 Å². The van der Waals surface area contributed by atoms with Gasteiger partial charge in [-0.2, -0.15) is 5.26 Å². The third kappa shape index (κ3) is 2.93. The van der Waals surface area contributed by atoms with Gasteiger partial charge >= 0.3 is 0 Å². The summed E-state index contributed by atoms with van der Waals surface area (Å²) >= 11 is 0. The fraction of sp³-hybridized carbons (Fsp3) is 0.500. The van der Waals surface area contributed by atoms with E-state index in [1.54, 1.807) is 18.2 Å². The molecule has 0 spiro atoms. The van der Waals surface area contributed by atoms with Gasteiger partial charge in [0.2, 0.25) is 0 Å². The van der Waals surface area contributed by atoms with Crippen LogP contribution in [0.2, 0.25) is 0 Å². The Morgan fingerprint density at radius 2 is 2.17 bits per heavy atom. The van der Waals surface area contributed by atoms with Crippen molar-refractivity contribution in [3.63, 3.8) is 0 Å². The van der Waals surface area contributed by atoms with E-state index < -0.39 is 0 Å². The summed E-state index contributed by atoms with van der Waals surface area (Å²) in [6.07, 6.45) is 2.11. The van der Waals surface area contributed by atoms with Crippen LogP contribution in [0, 0.1) is 16.7 Å². The van der Waals surface area contributed by atoms with Crippen molar-refractivity contribution in [2.24, 2.45) is 5.41 Å². The molecule has 0 radical (unpaired) electrons. The third-order valence-electron chi connectivity index (χ3n) is 3.59. The topological polar surface area (TPSA) is 71.1 Å². The van der Waals surface area contributed by atoms with Crippen LogP contribution in [-0.4, -0.2) is 19.8 Å². The van der Waals surface area contributed by atoms with Crippen molar-refractivity contribution < 1.29 is 4.74 Å². The number of nitrogens with zero attached hydrogens (tertiary/aromatic N) is 1. The second-order valence-corrected chi connectivity index (χ2v) is 5.19. The monoisotopic (exact) mass is 245 g/mol. The van der Waals surface area contributed by atoms with E-state index in [2.05, 4.69) is 18.3 Å². The second kappa shape index (κ2) is 5.28. The number of hydrogen-bond donors (Lipinski definition) is 2. The summed E-state index contributed by atoms with van der Waals surface area (Å²) in [5.74, 6) is 0. The highest BCUT2D eigenvalue weighted by Gasteiger charge is 2.27. The number of anilines is 2. The number of benzene rings is 1. The molecule has 0 atom stereocenters. The van der Waals surface area contributed by atoms with Gasteiger partial charge < -0.3 is 15.8 Å². The number of rotatable bonds is 3. The highest BCUT2D eigenvalue weighted by atomic mass is 16.5. The number of nitrogen functional groups attached to an aromatic ring is 1. The predicted octanol–water partition coefficient (Wildman–Crippen LogP) is 2.37. The third-order valence-corrected chi connectivity index (χ3v) is 3.59. The molecule has 1 aromatic carbocycles. The summed E-state index contributed by atoms with van der Waals surface area (Å²) in [5, 5.41) is 12.3. The van der Waals surface area contributed by atoms with Crippen molar-refractivity contribution in [2.75, 3.05) is 30.8 Å². The van der Waals surface area contributed by atoms with Crippen LogP contribution in [0.3, 0.4) is 0 Å². The second-order valence-electron chi connectivity index (χ2n) is 5.19. The van der Waals surface area contributed by atoms with Crippen LogP contribution in [0.5, 0.6) is 0 Å². The van der Waals surface area contributed by atoms with Gasteiger partial charge in [-0.25, -0.2) is 0 Å². The molecule has 0 amide bonds. The lowest BCUT2D eigenvalue weighted by Crippen LogP contribution is -2.33. The number of hydrogen-bond acceptors (Lipinski definition) is 4. The van der Waals surface area contributed by atoms with Crippen molar-refractivity contribution in [3.8, 4) is 6.07 Å². The Balaban J connectivity index is 2.03. The molecule has 18 heavy (non-hydrogen) atoms. The van der Waals surface area contributed by atoms with Gasteiger partial charge in [0.05, 0.1) is 23.0 Å². The van der Waals surface area contributed by atoms with Crippen LogP contribution < -0.4 is 11.1 Å². The number of nitrogens with one attached hydrogen (secondary N) is 1. The Bertz CT molecular complexity index is 459. The van der Waals surface area contributed by atoms with Crippen LogP contribution in [-0.2, 0) is 4.74 Å². The Morgan fingerprint density at radius 3 is 2.83 bits per heavy atom. The average molecular weight is 245 g/mol. The largest absolute Gasteiger partial charge is 0.397 e. The molecular weight excluding hydrogens is 226 g/mol. The molecule has 1 aliphatic rings.